The van der Waals surface area contributed by atoms with Gasteiger partial charge >= 0.3 is 6.18 Å². The quantitative estimate of drug-likeness (QED) is 0.927. The molecule has 0 spiro atoms. The molecule has 1 unspecified atom stereocenters. The fourth-order valence-corrected chi connectivity index (χ4v) is 3.29. The number of aryl methyl sites for hydroxylation is 1. The third-order valence-electron chi connectivity index (χ3n) is 4.47. The van der Waals surface area contributed by atoms with Gasteiger partial charge in [0.15, 0.2) is 0 Å². The predicted octanol–water partition coefficient (Wildman–Crippen LogP) is 2.42. The molecule has 2 aromatic heterocycles. The van der Waals surface area contributed by atoms with Gasteiger partial charge in [-0.25, -0.2) is 4.98 Å². The average Bonchev–Trinajstić information content (AvgIpc) is 2.88. The lowest BCUT2D eigenvalue weighted by molar-refractivity contribution is -0.141. The summed E-state index contributed by atoms with van der Waals surface area (Å²) in [5.41, 5.74) is 6.72. The van der Waals surface area contributed by atoms with E-state index in [-0.39, 0.29) is 6.54 Å². The minimum Gasteiger partial charge on any atom is -0.329 e. The van der Waals surface area contributed by atoms with Gasteiger partial charge in [0.2, 0.25) is 0 Å². The van der Waals surface area contributed by atoms with Crippen molar-refractivity contribution in [3.8, 4) is 0 Å². The van der Waals surface area contributed by atoms with E-state index in [4.69, 9.17) is 5.73 Å². The Balaban J connectivity index is 2.17. The molecule has 2 heterocycles. The minimum absolute atomic E-state index is 0.208. The average molecular weight is 310 g/mol. The first kappa shape index (κ1) is 15.0. The SMILES string of the molecule is Cn1ncc2c1CCCC2(CN)c1cccc(C(F)(F)F)n1. The Hall–Kier alpha value is -1.89. The van der Waals surface area contributed by atoms with Gasteiger partial charge in [-0.05, 0) is 31.4 Å². The van der Waals surface area contributed by atoms with E-state index in [1.54, 1.807) is 16.9 Å². The molecule has 0 fully saturated rings. The monoisotopic (exact) mass is 310 g/mol. The lowest BCUT2D eigenvalue weighted by atomic mass is 9.70. The highest BCUT2D eigenvalue weighted by molar-refractivity contribution is 5.41. The van der Waals surface area contributed by atoms with Gasteiger partial charge in [-0.1, -0.05) is 6.07 Å². The summed E-state index contributed by atoms with van der Waals surface area (Å²) >= 11 is 0. The number of fused-ring (bicyclic) bond motifs is 1. The predicted molar refractivity (Wildman–Crippen MR) is 75.2 cm³/mol. The Labute approximate surface area is 126 Å². The maximum atomic E-state index is 13.0. The van der Waals surface area contributed by atoms with Crippen LogP contribution in [-0.2, 0) is 25.1 Å². The van der Waals surface area contributed by atoms with Crippen LogP contribution >= 0.6 is 0 Å². The molecule has 0 aliphatic heterocycles. The summed E-state index contributed by atoms with van der Waals surface area (Å²) in [6, 6.07) is 4.01. The van der Waals surface area contributed by atoms with E-state index in [1.807, 2.05) is 7.05 Å². The van der Waals surface area contributed by atoms with Crippen molar-refractivity contribution in [3.05, 3.63) is 47.0 Å². The minimum atomic E-state index is -4.46. The van der Waals surface area contributed by atoms with Gasteiger partial charge in [-0.3, -0.25) is 4.68 Å². The smallest absolute Gasteiger partial charge is 0.329 e. The van der Waals surface area contributed by atoms with Crippen molar-refractivity contribution in [1.29, 1.82) is 0 Å². The molecular weight excluding hydrogens is 293 g/mol. The van der Waals surface area contributed by atoms with Gasteiger partial charge in [0.1, 0.15) is 5.69 Å². The maximum Gasteiger partial charge on any atom is 0.433 e. The van der Waals surface area contributed by atoms with E-state index in [1.165, 1.54) is 6.07 Å². The van der Waals surface area contributed by atoms with Crippen molar-refractivity contribution in [1.82, 2.24) is 14.8 Å². The second-order valence-electron chi connectivity index (χ2n) is 5.67. The molecule has 3 rings (SSSR count). The lowest BCUT2D eigenvalue weighted by Gasteiger charge is -2.36. The lowest BCUT2D eigenvalue weighted by Crippen LogP contribution is -2.40. The van der Waals surface area contributed by atoms with Crippen LogP contribution in [0.3, 0.4) is 0 Å². The Kier molecular flexibility index (Phi) is 3.47. The van der Waals surface area contributed by atoms with Crippen molar-refractivity contribution in [2.45, 2.75) is 30.9 Å². The van der Waals surface area contributed by atoms with Crippen LogP contribution in [-0.4, -0.2) is 21.3 Å². The van der Waals surface area contributed by atoms with Crippen LogP contribution in [0.5, 0.6) is 0 Å². The molecule has 1 aliphatic rings. The molecule has 0 saturated heterocycles. The molecule has 118 valence electrons. The second-order valence-corrected chi connectivity index (χ2v) is 5.67. The van der Waals surface area contributed by atoms with Crippen LogP contribution in [0.2, 0.25) is 0 Å². The molecule has 1 aliphatic carbocycles. The summed E-state index contributed by atoms with van der Waals surface area (Å²) in [5, 5.41) is 4.25. The number of aromatic nitrogens is 3. The van der Waals surface area contributed by atoms with Crippen molar-refractivity contribution >= 4 is 0 Å². The maximum absolute atomic E-state index is 13.0. The van der Waals surface area contributed by atoms with Crippen LogP contribution in [0, 0.1) is 0 Å². The Bertz CT molecular complexity index is 692. The first-order chi connectivity index (χ1) is 10.4. The molecule has 0 bridgehead atoms. The number of nitrogens with zero attached hydrogens (tertiary/aromatic N) is 3. The van der Waals surface area contributed by atoms with E-state index in [0.29, 0.717) is 12.1 Å². The Morgan fingerprint density at radius 3 is 2.82 bits per heavy atom. The fourth-order valence-electron chi connectivity index (χ4n) is 3.29. The number of alkyl halides is 3. The second kappa shape index (κ2) is 5.08. The summed E-state index contributed by atoms with van der Waals surface area (Å²) in [4.78, 5) is 3.88. The molecular formula is C15H17F3N4. The number of nitrogens with two attached hydrogens (primary N) is 1. The number of hydrogen-bond donors (Lipinski definition) is 1. The van der Waals surface area contributed by atoms with E-state index in [2.05, 4.69) is 10.1 Å². The molecule has 2 aromatic rings. The first-order valence-corrected chi connectivity index (χ1v) is 7.14. The zero-order valence-corrected chi connectivity index (χ0v) is 12.2. The van der Waals surface area contributed by atoms with Gasteiger partial charge < -0.3 is 5.73 Å². The largest absolute Gasteiger partial charge is 0.433 e. The van der Waals surface area contributed by atoms with Gasteiger partial charge in [0, 0.05) is 24.8 Å². The Morgan fingerprint density at radius 2 is 2.14 bits per heavy atom. The molecule has 2 N–H and O–H groups in total. The summed E-state index contributed by atoms with van der Waals surface area (Å²) in [5.74, 6) is 0. The molecule has 0 saturated carbocycles. The number of halogens is 3. The molecule has 0 amide bonds. The van der Waals surface area contributed by atoms with E-state index < -0.39 is 17.3 Å². The zero-order chi connectivity index (χ0) is 16.0. The summed E-state index contributed by atoms with van der Waals surface area (Å²) in [6.07, 6.45) is -0.369. The van der Waals surface area contributed by atoms with Gasteiger partial charge in [0.25, 0.3) is 0 Å². The number of pyridine rings is 1. The van der Waals surface area contributed by atoms with Crippen LogP contribution in [0.1, 0.15) is 35.5 Å². The van der Waals surface area contributed by atoms with Crippen molar-refractivity contribution < 1.29 is 13.2 Å². The van der Waals surface area contributed by atoms with E-state index >= 15 is 0 Å². The molecule has 1 atom stereocenters. The highest BCUT2D eigenvalue weighted by atomic mass is 19.4. The Morgan fingerprint density at radius 1 is 1.36 bits per heavy atom. The normalized spacial score (nSPS) is 21.7. The van der Waals surface area contributed by atoms with E-state index in [0.717, 1.165) is 30.2 Å². The van der Waals surface area contributed by atoms with Crippen LogP contribution in [0.15, 0.2) is 24.4 Å². The van der Waals surface area contributed by atoms with Crippen LogP contribution < -0.4 is 5.73 Å². The molecule has 0 aromatic carbocycles. The summed E-state index contributed by atoms with van der Waals surface area (Å²) in [6.45, 7) is 0.208. The number of hydrogen-bond acceptors (Lipinski definition) is 3. The van der Waals surface area contributed by atoms with E-state index in [9.17, 15) is 13.2 Å². The van der Waals surface area contributed by atoms with Crippen molar-refractivity contribution in [3.63, 3.8) is 0 Å². The summed E-state index contributed by atoms with van der Waals surface area (Å²) in [7, 11) is 1.84. The number of rotatable bonds is 2. The molecule has 0 radical (unpaired) electrons. The van der Waals surface area contributed by atoms with Gasteiger partial charge in [-0.2, -0.15) is 18.3 Å². The molecule has 22 heavy (non-hydrogen) atoms. The third-order valence-corrected chi connectivity index (χ3v) is 4.47. The standard InChI is InChI=1S/C15H17F3N4/c1-22-11-4-3-7-14(9-19,10(11)8-20-22)12-5-2-6-13(21-12)15(16,17)18/h2,5-6,8H,3-4,7,9,19H2,1H3. The first-order valence-electron chi connectivity index (χ1n) is 7.14. The van der Waals surface area contributed by atoms with Gasteiger partial charge in [-0.15, -0.1) is 0 Å². The van der Waals surface area contributed by atoms with Crippen molar-refractivity contribution in [2.24, 2.45) is 12.8 Å². The topological polar surface area (TPSA) is 56.7 Å². The van der Waals surface area contributed by atoms with Gasteiger partial charge in [0.05, 0.1) is 17.3 Å². The molecule has 4 nitrogen and oxygen atoms in total. The van der Waals surface area contributed by atoms with Crippen molar-refractivity contribution in [2.75, 3.05) is 6.54 Å². The van der Waals surface area contributed by atoms with Crippen LogP contribution in [0.4, 0.5) is 13.2 Å². The van der Waals surface area contributed by atoms with Crippen LogP contribution in [0.25, 0.3) is 0 Å². The third kappa shape index (κ3) is 2.20. The summed E-state index contributed by atoms with van der Waals surface area (Å²) < 4.78 is 40.6. The zero-order valence-electron chi connectivity index (χ0n) is 12.2. The molecule has 7 heteroatoms. The highest BCUT2D eigenvalue weighted by Gasteiger charge is 2.42. The fraction of sp³-hybridized carbons (Fsp3) is 0.467. The highest BCUT2D eigenvalue weighted by Crippen LogP contribution is 2.41.